The van der Waals surface area contributed by atoms with Gasteiger partial charge in [-0.3, -0.25) is 4.79 Å². The van der Waals surface area contributed by atoms with E-state index in [-0.39, 0.29) is 23.5 Å². The predicted molar refractivity (Wildman–Crippen MR) is 107 cm³/mol. The molecule has 1 unspecified atom stereocenters. The zero-order valence-electron chi connectivity index (χ0n) is 16.5. The number of nitrogens with zero attached hydrogens (tertiary/aromatic N) is 1. The Hall–Kier alpha value is -2.04. The molecule has 5 heteroatoms. The molecule has 3 amide bonds. The maximum atomic E-state index is 13.2. The molecule has 150 valence electrons. The van der Waals surface area contributed by atoms with Gasteiger partial charge in [0.2, 0.25) is 5.91 Å². The third-order valence-corrected chi connectivity index (χ3v) is 7.53. The third kappa shape index (κ3) is 3.40. The van der Waals surface area contributed by atoms with Gasteiger partial charge in [-0.05, 0) is 74.7 Å². The van der Waals surface area contributed by atoms with Crippen molar-refractivity contribution in [2.75, 3.05) is 6.54 Å². The molecule has 5 fully saturated rings. The van der Waals surface area contributed by atoms with Gasteiger partial charge in [-0.15, -0.1) is 0 Å². The van der Waals surface area contributed by atoms with E-state index in [0.29, 0.717) is 13.1 Å². The fourth-order valence-corrected chi connectivity index (χ4v) is 6.77. The summed E-state index contributed by atoms with van der Waals surface area (Å²) >= 11 is 0. The van der Waals surface area contributed by atoms with Crippen molar-refractivity contribution in [2.45, 2.75) is 69.5 Å². The molecular formula is C23H31N3O2. The summed E-state index contributed by atoms with van der Waals surface area (Å²) in [4.78, 5) is 27.7. The van der Waals surface area contributed by atoms with Crippen LogP contribution in [0.3, 0.4) is 0 Å². The molecule has 1 aromatic rings. The van der Waals surface area contributed by atoms with E-state index in [1.165, 1.54) is 19.3 Å². The first-order chi connectivity index (χ1) is 13.6. The minimum Gasteiger partial charge on any atom is -0.349 e. The standard InChI is InChI=1S/C23H31N3O2/c27-21(25-23-12-17-9-18(13-23)11-19(10-17)14-23)20-7-4-8-26(20)22(28)24-15-16-5-2-1-3-6-16/h1-3,5-6,17-20H,4,7-15H2,(H,24,28)(H,25,27). The topological polar surface area (TPSA) is 61.4 Å². The predicted octanol–water partition coefficient (Wildman–Crippen LogP) is 3.45. The molecule has 2 N–H and O–H groups in total. The van der Waals surface area contributed by atoms with Gasteiger partial charge in [-0.1, -0.05) is 30.3 Å². The van der Waals surface area contributed by atoms with Gasteiger partial charge in [-0.2, -0.15) is 0 Å². The van der Waals surface area contributed by atoms with Crippen molar-refractivity contribution >= 4 is 11.9 Å². The average molecular weight is 382 g/mol. The maximum Gasteiger partial charge on any atom is 0.318 e. The number of amides is 3. The smallest absolute Gasteiger partial charge is 0.318 e. The van der Waals surface area contributed by atoms with Gasteiger partial charge in [0, 0.05) is 18.6 Å². The van der Waals surface area contributed by atoms with Crippen LogP contribution in [0.25, 0.3) is 0 Å². The number of rotatable bonds is 4. The van der Waals surface area contributed by atoms with Crippen LogP contribution in [0.1, 0.15) is 56.9 Å². The quantitative estimate of drug-likeness (QED) is 0.839. The van der Waals surface area contributed by atoms with E-state index < -0.39 is 0 Å². The van der Waals surface area contributed by atoms with E-state index in [2.05, 4.69) is 10.6 Å². The molecule has 4 aliphatic carbocycles. The molecule has 0 spiro atoms. The Bertz CT molecular complexity index is 712. The molecule has 1 aromatic carbocycles. The lowest BCUT2D eigenvalue weighted by Gasteiger charge is -2.57. The lowest BCUT2D eigenvalue weighted by molar-refractivity contribution is -0.130. The van der Waals surface area contributed by atoms with Crippen LogP contribution in [-0.2, 0) is 11.3 Å². The molecule has 5 aliphatic rings. The van der Waals surface area contributed by atoms with Gasteiger partial charge in [0.15, 0.2) is 0 Å². The zero-order valence-corrected chi connectivity index (χ0v) is 16.5. The number of carbonyl (C=O) groups excluding carboxylic acids is 2. The van der Waals surface area contributed by atoms with E-state index in [4.69, 9.17) is 0 Å². The lowest BCUT2D eigenvalue weighted by Crippen LogP contribution is -2.62. The Morgan fingerprint density at radius 3 is 2.29 bits per heavy atom. The number of nitrogens with one attached hydrogen (secondary N) is 2. The first kappa shape index (κ1) is 18.0. The van der Waals surface area contributed by atoms with Gasteiger partial charge in [0.25, 0.3) is 0 Å². The number of hydrogen-bond donors (Lipinski definition) is 2. The average Bonchev–Trinajstić information content (AvgIpc) is 3.16. The second-order valence-corrected chi connectivity index (χ2v) is 9.68. The molecule has 4 saturated carbocycles. The zero-order chi connectivity index (χ0) is 19.1. The summed E-state index contributed by atoms with van der Waals surface area (Å²) in [5, 5.41) is 6.46. The Labute approximate surface area is 167 Å². The SMILES string of the molecule is O=C(NC12CC3CC(CC(C3)C1)C2)C1CCCN1C(=O)NCc1ccccc1. The second-order valence-electron chi connectivity index (χ2n) is 9.68. The second kappa shape index (κ2) is 7.09. The first-order valence-electron chi connectivity index (χ1n) is 11.0. The summed E-state index contributed by atoms with van der Waals surface area (Å²) in [7, 11) is 0. The largest absolute Gasteiger partial charge is 0.349 e. The molecule has 5 nitrogen and oxygen atoms in total. The van der Waals surface area contributed by atoms with Crippen LogP contribution in [0, 0.1) is 17.8 Å². The normalized spacial score (nSPS) is 35.8. The van der Waals surface area contributed by atoms with Gasteiger partial charge < -0.3 is 15.5 Å². The number of hydrogen-bond acceptors (Lipinski definition) is 2. The lowest BCUT2D eigenvalue weighted by atomic mass is 9.53. The van der Waals surface area contributed by atoms with Crippen LogP contribution >= 0.6 is 0 Å². The highest BCUT2D eigenvalue weighted by Crippen LogP contribution is 2.55. The Morgan fingerprint density at radius 1 is 1.00 bits per heavy atom. The van der Waals surface area contributed by atoms with E-state index in [9.17, 15) is 9.59 Å². The summed E-state index contributed by atoms with van der Waals surface area (Å²) in [5.41, 5.74) is 1.09. The highest BCUT2D eigenvalue weighted by Gasteiger charge is 2.52. The van der Waals surface area contributed by atoms with E-state index in [1.54, 1.807) is 4.90 Å². The highest BCUT2D eigenvalue weighted by molar-refractivity contribution is 5.88. The number of likely N-dealkylation sites (tertiary alicyclic amines) is 1. The van der Waals surface area contributed by atoms with Crippen LogP contribution in [0.5, 0.6) is 0 Å². The molecule has 4 bridgehead atoms. The van der Waals surface area contributed by atoms with Crippen LogP contribution in [-0.4, -0.2) is 35.0 Å². The van der Waals surface area contributed by atoms with Crippen molar-refractivity contribution in [1.82, 2.24) is 15.5 Å². The van der Waals surface area contributed by atoms with Crippen molar-refractivity contribution < 1.29 is 9.59 Å². The van der Waals surface area contributed by atoms with Crippen LogP contribution in [0.2, 0.25) is 0 Å². The Balaban J connectivity index is 1.21. The third-order valence-electron chi connectivity index (χ3n) is 7.53. The molecule has 1 atom stereocenters. The van der Waals surface area contributed by atoms with Crippen molar-refractivity contribution in [3.63, 3.8) is 0 Å². The number of benzene rings is 1. The Kier molecular flexibility index (Phi) is 4.56. The van der Waals surface area contributed by atoms with Crippen LogP contribution in [0.15, 0.2) is 30.3 Å². The number of urea groups is 1. The fraction of sp³-hybridized carbons (Fsp3) is 0.652. The molecule has 1 aliphatic heterocycles. The summed E-state index contributed by atoms with van der Waals surface area (Å²) < 4.78 is 0. The van der Waals surface area contributed by atoms with Crippen LogP contribution in [0.4, 0.5) is 4.79 Å². The monoisotopic (exact) mass is 381 g/mol. The van der Waals surface area contributed by atoms with Crippen molar-refractivity contribution in [3.8, 4) is 0 Å². The molecule has 0 radical (unpaired) electrons. The molecule has 1 heterocycles. The molecule has 28 heavy (non-hydrogen) atoms. The Morgan fingerprint density at radius 2 is 1.64 bits per heavy atom. The summed E-state index contributed by atoms with van der Waals surface area (Å²) in [5.74, 6) is 2.50. The summed E-state index contributed by atoms with van der Waals surface area (Å²) in [6, 6.07) is 9.48. The summed E-state index contributed by atoms with van der Waals surface area (Å²) in [6.07, 6.45) is 9.23. The van der Waals surface area contributed by atoms with Crippen molar-refractivity contribution in [1.29, 1.82) is 0 Å². The summed E-state index contributed by atoms with van der Waals surface area (Å²) in [6.45, 7) is 1.17. The van der Waals surface area contributed by atoms with Gasteiger partial charge >= 0.3 is 6.03 Å². The van der Waals surface area contributed by atoms with E-state index in [1.807, 2.05) is 30.3 Å². The first-order valence-corrected chi connectivity index (χ1v) is 11.0. The molecule has 0 aromatic heterocycles. The fourth-order valence-electron chi connectivity index (χ4n) is 6.77. The minimum absolute atomic E-state index is 0.0145. The van der Waals surface area contributed by atoms with Crippen molar-refractivity contribution in [2.24, 2.45) is 17.8 Å². The van der Waals surface area contributed by atoms with Gasteiger partial charge in [-0.25, -0.2) is 4.79 Å². The van der Waals surface area contributed by atoms with Crippen LogP contribution < -0.4 is 10.6 Å². The van der Waals surface area contributed by atoms with Gasteiger partial charge in [0.05, 0.1) is 0 Å². The van der Waals surface area contributed by atoms with Crippen molar-refractivity contribution in [3.05, 3.63) is 35.9 Å². The molecular weight excluding hydrogens is 350 g/mol. The molecule has 6 rings (SSSR count). The maximum absolute atomic E-state index is 13.2. The number of carbonyl (C=O) groups is 2. The van der Waals surface area contributed by atoms with Gasteiger partial charge in [0.1, 0.15) is 6.04 Å². The van der Waals surface area contributed by atoms with E-state index >= 15 is 0 Å². The highest BCUT2D eigenvalue weighted by atomic mass is 16.2. The molecule has 1 saturated heterocycles. The minimum atomic E-state index is -0.316. The van der Waals surface area contributed by atoms with E-state index in [0.717, 1.165) is 55.4 Å².